The van der Waals surface area contributed by atoms with Gasteiger partial charge in [0.05, 0.1) is 6.42 Å². The molecule has 0 aliphatic heterocycles. The summed E-state index contributed by atoms with van der Waals surface area (Å²) in [7, 11) is 0. The number of carboxylic acid groups (broad SMARTS) is 1. The molecule has 0 bridgehead atoms. The summed E-state index contributed by atoms with van der Waals surface area (Å²) in [4.78, 5) is 23.1. The van der Waals surface area contributed by atoms with Crippen molar-refractivity contribution in [1.29, 1.82) is 0 Å². The van der Waals surface area contributed by atoms with E-state index in [4.69, 9.17) is 10.5 Å². The van der Waals surface area contributed by atoms with Gasteiger partial charge in [-0.25, -0.2) is 0 Å². The molecule has 5 nitrogen and oxygen atoms in total. The summed E-state index contributed by atoms with van der Waals surface area (Å²) in [5.41, 5.74) is 4.86. The van der Waals surface area contributed by atoms with Crippen LogP contribution in [0.25, 0.3) is 0 Å². The molecule has 22 heavy (non-hydrogen) atoms. The summed E-state index contributed by atoms with van der Waals surface area (Å²) >= 11 is 0. The van der Waals surface area contributed by atoms with E-state index in [0.29, 0.717) is 25.3 Å². The van der Waals surface area contributed by atoms with Gasteiger partial charge in [-0.1, -0.05) is 0 Å². The molecular formula is C17H31NO4. The highest BCUT2D eigenvalue weighted by Gasteiger charge is 2.37. The lowest BCUT2D eigenvalue weighted by Crippen LogP contribution is -2.32. The summed E-state index contributed by atoms with van der Waals surface area (Å²) < 4.78 is 5.34. The molecule has 0 saturated heterocycles. The average molecular weight is 313 g/mol. The summed E-state index contributed by atoms with van der Waals surface area (Å²) in [6.45, 7) is 6.22. The number of nitrogens with two attached hydrogens (primary N) is 1. The van der Waals surface area contributed by atoms with Crippen LogP contribution in [0.4, 0.5) is 0 Å². The normalized spacial score (nSPS) is 25.7. The molecule has 128 valence electrons. The maximum absolute atomic E-state index is 11.9. The first-order chi connectivity index (χ1) is 10.2. The van der Waals surface area contributed by atoms with Crippen molar-refractivity contribution in [2.75, 3.05) is 6.54 Å². The van der Waals surface area contributed by atoms with Gasteiger partial charge in [0.15, 0.2) is 0 Å². The first kappa shape index (κ1) is 18.9. The number of esters is 1. The zero-order valence-electron chi connectivity index (χ0n) is 14.2. The highest BCUT2D eigenvalue weighted by molar-refractivity contribution is 5.70. The third-order valence-electron chi connectivity index (χ3n) is 4.55. The Hall–Kier alpha value is -1.10. The lowest BCUT2D eigenvalue weighted by atomic mass is 9.66. The molecule has 0 atom stereocenters. The molecule has 0 aromatic rings. The van der Waals surface area contributed by atoms with Crippen molar-refractivity contribution in [2.24, 2.45) is 17.1 Å². The second-order valence-electron chi connectivity index (χ2n) is 7.68. The van der Waals surface area contributed by atoms with Gasteiger partial charge in [-0.05, 0) is 77.2 Å². The Labute approximate surface area is 133 Å². The molecule has 1 rings (SSSR count). The van der Waals surface area contributed by atoms with Crippen molar-refractivity contribution in [3.63, 3.8) is 0 Å². The molecule has 0 unspecified atom stereocenters. The summed E-state index contributed by atoms with van der Waals surface area (Å²) in [5.74, 6) is -0.406. The topological polar surface area (TPSA) is 89.6 Å². The first-order valence-electron chi connectivity index (χ1n) is 8.29. The highest BCUT2D eigenvalue weighted by Crippen LogP contribution is 2.45. The standard InChI is InChI=1S/C17H31NO4/c1-16(2,3)22-15(21)6-10-17(12-14(19)20)8-4-13(5-9-17)7-11-18/h13H,4-12,18H2,1-3H3,(H,19,20). The molecule has 0 amide bonds. The number of ether oxygens (including phenoxy) is 1. The molecule has 0 aromatic heterocycles. The second kappa shape index (κ2) is 7.95. The Kier molecular flexibility index (Phi) is 6.85. The lowest BCUT2D eigenvalue weighted by molar-refractivity contribution is -0.156. The maximum atomic E-state index is 11.9. The minimum atomic E-state index is -0.776. The Morgan fingerprint density at radius 3 is 2.32 bits per heavy atom. The molecule has 1 saturated carbocycles. The number of aliphatic carboxylic acids is 1. The van der Waals surface area contributed by atoms with Crippen LogP contribution < -0.4 is 5.73 Å². The quantitative estimate of drug-likeness (QED) is 0.705. The summed E-state index contributed by atoms with van der Waals surface area (Å²) in [6, 6.07) is 0. The van der Waals surface area contributed by atoms with Gasteiger partial charge in [-0.15, -0.1) is 0 Å². The van der Waals surface area contributed by atoms with Crippen LogP contribution in [0, 0.1) is 11.3 Å². The second-order valence-corrected chi connectivity index (χ2v) is 7.68. The molecule has 0 radical (unpaired) electrons. The van der Waals surface area contributed by atoms with E-state index in [1.54, 1.807) is 0 Å². The SMILES string of the molecule is CC(C)(C)OC(=O)CCC1(CC(=O)O)CCC(CCN)CC1. The Bertz CT molecular complexity index is 379. The van der Waals surface area contributed by atoms with Crippen LogP contribution in [0.2, 0.25) is 0 Å². The van der Waals surface area contributed by atoms with Crippen LogP contribution in [0.5, 0.6) is 0 Å². The van der Waals surface area contributed by atoms with Crippen LogP contribution in [0.15, 0.2) is 0 Å². The van der Waals surface area contributed by atoms with Crippen LogP contribution in [-0.2, 0) is 14.3 Å². The molecule has 0 heterocycles. The van der Waals surface area contributed by atoms with Crippen molar-refractivity contribution < 1.29 is 19.4 Å². The van der Waals surface area contributed by atoms with Gasteiger partial charge in [0.25, 0.3) is 0 Å². The first-order valence-corrected chi connectivity index (χ1v) is 8.29. The minimum Gasteiger partial charge on any atom is -0.481 e. The fourth-order valence-corrected chi connectivity index (χ4v) is 3.41. The van der Waals surface area contributed by atoms with Crippen molar-refractivity contribution in [1.82, 2.24) is 0 Å². The monoisotopic (exact) mass is 313 g/mol. The van der Waals surface area contributed by atoms with E-state index in [2.05, 4.69) is 0 Å². The number of carboxylic acids is 1. The van der Waals surface area contributed by atoms with E-state index in [9.17, 15) is 14.7 Å². The molecular weight excluding hydrogens is 282 g/mol. The van der Waals surface area contributed by atoms with Gasteiger partial charge in [0.1, 0.15) is 5.60 Å². The smallest absolute Gasteiger partial charge is 0.306 e. The third-order valence-corrected chi connectivity index (χ3v) is 4.55. The summed E-state index contributed by atoms with van der Waals surface area (Å²) in [6.07, 6.45) is 5.81. The molecule has 1 fully saturated rings. The number of rotatable bonds is 7. The van der Waals surface area contributed by atoms with Gasteiger partial charge in [-0.2, -0.15) is 0 Å². The van der Waals surface area contributed by atoms with Gasteiger partial charge >= 0.3 is 11.9 Å². The van der Waals surface area contributed by atoms with Gasteiger partial charge in [0.2, 0.25) is 0 Å². The molecule has 0 aromatic carbocycles. The molecule has 5 heteroatoms. The Morgan fingerprint density at radius 2 is 1.86 bits per heavy atom. The van der Waals surface area contributed by atoms with E-state index in [-0.39, 0.29) is 17.8 Å². The fourth-order valence-electron chi connectivity index (χ4n) is 3.41. The van der Waals surface area contributed by atoms with Crippen molar-refractivity contribution in [3.05, 3.63) is 0 Å². The zero-order valence-corrected chi connectivity index (χ0v) is 14.2. The largest absolute Gasteiger partial charge is 0.481 e. The van der Waals surface area contributed by atoms with Crippen molar-refractivity contribution in [2.45, 2.75) is 77.7 Å². The number of carbonyl (C=O) groups excluding carboxylic acids is 1. The van der Waals surface area contributed by atoms with Crippen LogP contribution >= 0.6 is 0 Å². The predicted molar refractivity (Wildman–Crippen MR) is 85.4 cm³/mol. The average Bonchev–Trinajstić information content (AvgIpc) is 2.37. The number of hydrogen-bond donors (Lipinski definition) is 2. The molecule has 1 aliphatic rings. The van der Waals surface area contributed by atoms with Crippen molar-refractivity contribution in [3.8, 4) is 0 Å². The molecule has 0 spiro atoms. The predicted octanol–water partition coefficient (Wildman–Crippen LogP) is 3.11. The highest BCUT2D eigenvalue weighted by atomic mass is 16.6. The fraction of sp³-hybridized carbons (Fsp3) is 0.882. The lowest BCUT2D eigenvalue weighted by Gasteiger charge is -2.39. The number of carbonyl (C=O) groups is 2. The van der Waals surface area contributed by atoms with E-state index in [0.717, 1.165) is 32.1 Å². The maximum Gasteiger partial charge on any atom is 0.306 e. The van der Waals surface area contributed by atoms with E-state index in [1.165, 1.54) is 0 Å². The van der Waals surface area contributed by atoms with E-state index in [1.807, 2.05) is 20.8 Å². The third kappa shape index (κ3) is 6.77. The minimum absolute atomic E-state index is 0.144. The van der Waals surface area contributed by atoms with Gasteiger partial charge in [0, 0.05) is 6.42 Å². The molecule has 1 aliphatic carbocycles. The number of hydrogen-bond acceptors (Lipinski definition) is 4. The Balaban J connectivity index is 2.58. The van der Waals surface area contributed by atoms with Gasteiger partial charge in [-0.3, -0.25) is 9.59 Å². The Morgan fingerprint density at radius 1 is 1.27 bits per heavy atom. The summed E-state index contributed by atoms with van der Waals surface area (Å²) in [5, 5.41) is 9.22. The van der Waals surface area contributed by atoms with Crippen LogP contribution in [-0.4, -0.2) is 29.2 Å². The van der Waals surface area contributed by atoms with Crippen LogP contribution in [0.3, 0.4) is 0 Å². The zero-order chi connectivity index (χ0) is 16.8. The molecule has 3 N–H and O–H groups in total. The van der Waals surface area contributed by atoms with Crippen LogP contribution in [0.1, 0.15) is 72.1 Å². The van der Waals surface area contributed by atoms with Crippen molar-refractivity contribution >= 4 is 11.9 Å². The van der Waals surface area contributed by atoms with Gasteiger partial charge < -0.3 is 15.6 Å². The van der Waals surface area contributed by atoms with E-state index >= 15 is 0 Å². The van der Waals surface area contributed by atoms with E-state index < -0.39 is 11.6 Å².